The Hall–Kier alpha value is -2.67. The fourth-order valence-corrected chi connectivity index (χ4v) is 2.90. The molecule has 0 aliphatic carbocycles. The predicted molar refractivity (Wildman–Crippen MR) is 99.3 cm³/mol. The lowest BCUT2D eigenvalue weighted by Gasteiger charge is -2.35. The van der Waals surface area contributed by atoms with Gasteiger partial charge in [-0.25, -0.2) is 9.97 Å². The first-order valence-electron chi connectivity index (χ1n) is 8.38. The zero-order chi connectivity index (χ0) is 18.5. The van der Waals surface area contributed by atoms with E-state index in [0.29, 0.717) is 36.8 Å². The number of nitrogens with one attached hydrogen (secondary N) is 1. The highest BCUT2D eigenvalue weighted by atomic mass is 35.5. The van der Waals surface area contributed by atoms with Gasteiger partial charge in [0.25, 0.3) is 5.91 Å². The fourth-order valence-electron chi connectivity index (χ4n) is 2.77. The summed E-state index contributed by atoms with van der Waals surface area (Å²) in [6.07, 6.45) is 1.55. The zero-order valence-electron chi connectivity index (χ0n) is 14.5. The first-order valence-corrected chi connectivity index (χ1v) is 8.76. The summed E-state index contributed by atoms with van der Waals surface area (Å²) in [4.78, 5) is 36.7. The molecule has 2 heterocycles. The van der Waals surface area contributed by atoms with Gasteiger partial charge >= 0.3 is 0 Å². The second-order valence-corrected chi connectivity index (χ2v) is 6.51. The number of aryl methyl sites for hydroxylation is 1. The number of rotatable bonds is 4. The molecule has 7 nitrogen and oxygen atoms in total. The summed E-state index contributed by atoms with van der Waals surface area (Å²) >= 11 is 5.81. The SMILES string of the molecule is Cc1cc(N2CCN(C(=O)CNC(=O)c3ccc(Cl)cc3)CC2)ncn1. The van der Waals surface area contributed by atoms with Crippen LogP contribution in [-0.4, -0.2) is 59.4 Å². The molecule has 1 fully saturated rings. The van der Waals surface area contributed by atoms with Crippen LogP contribution in [0.3, 0.4) is 0 Å². The number of anilines is 1. The number of amides is 2. The Balaban J connectivity index is 1.47. The largest absolute Gasteiger partial charge is 0.353 e. The van der Waals surface area contributed by atoms with Crippen LogP contribution < -0.4 is 10.2 Å². The second kappa shape index (κ2) is 8.14. The summed E-state index contributed by atoms with van der Waals surface area (Å²) in [6, 6.07) is 8.48. The maximum atomic E-state index is 12.3. The van der Waals surface area contributed by atoms with Gasteiger partial charge < -0.3 is 15.1 Å². The quantitative estimate of drug-likeness (QED) is 0.879. The van der Waals surface area contributed by atoms with Crippen LogP contribution in [0, 0.1) is 6.92 Å². The molecule has 2 aromatic rings. The smallest absolute Gasteiger partial charge is 0.251 e. The third-order valence-electron chi connectivity index (χ3n) is 4.25. The van der Waals surface area contributed by atoms with Gasteiger partial charge in [0.2, 0.25) is 5.91 Å². The summed E-state index contributed by atoms with van der Waals surface area (Å²) in [6.45, 7) is 4.50. The molecule has 26 heavy (non-hydrogen) atoms. The third-order valence-corrected chi connectivity index (χ3v) is 4.50. The lowest BCUT2D eigenvalue weighted by atomic mass is 10.2. The van der Waals surface area contributed by atoms with Crippen LogP contribution in [0.2, 0.25) is 5.02 Å². The minimum absolute atomic E-state index is 0.0198. The van der Waals surface area contributed by atoms with Crippen LogP contribution in [-0.2, 0) is 4.79 Å². The standard InChI is InChI=1S/C18H20ClN5O2/c1-13-10-16(22-12-21-13)23-6-8-24(9-7-23)17(25)11-20-18(26)14-2-4-15(19)5-3-14/h2-5,10,12H,6-9,11H2,1H3,(H,20,26). The molecule has 3 rings (SSSR count). The molecule has 1 aromatic carbocycles. The van der Waals surface area contributed by atoms with E-state index < -0.39 is 0 Å². The number of carbonyl (C=O) groups is 2. The van der Waals surface area contributed by atoms with Crippen molar-refractivity contribution in [1.82, 2.24) is 20.2 Å². The van der Waals surface area contributed by atoms with Gasteiger partial charge in [0, 0.05) is 48.5 Å². The van der Waals surface area contributed by atoms with Gasteiger partial charge in [-0.05, 0) is 31.2 Å². The summed E-state index contributed by atoms with van der Waals surface area (Å²) in [7, 11) is 0. The molecule has 1 N–H and O–H groups in total. The average Bonchev–Trinajstić information content (AvgIpc) is 2.66. The highest BCUT2D eigenvalue weighted by Gasteiger charge is 2.22. The summed E-state index contributed by atoms with van der Waals surface area (Å²) in [5.41, 5.74) is 1.39. The molecule has 1 aromatic heterocycles. The van der Waals surface area contributed by atoms with Crippen LogP contribution in [0.25, 0.3) is 0 Å². The third kappa shape index (κ3) is 4.49. The Labute approximate surface area is 157 Å². The van der Waals surface area contributed by atoms with Crippen molar-refractivity contribution in [1.29, 1.82) is 0 Å². The highest BCUT2D eigenvalue weighted by Crippen LogP contribution is 2.13. The molecular formula is C18H20ClN5O2. The molecule has 1 aliphatic heterocycles. The van der Waals surface area contributed by atoms with E-state index in [2.05, 4.69) is 20.2 Å². The van der Waals surface area contributed by atoms with Crippen molar-refractivity contribution in [2.75, 3.05) is 37.6 Å². The number of nitrogens with zero attached hydrogens (tertiary/aromatic N) is 4. The zero-order valence-corrected chi connectivity index (χ0v) is 15.2. The van der Waals surface area contributed by atoms with E-state index in [-0.39, 0.29) is 18.4 Å². The topological polar surface area (TPSA) is 78.4 Å². The molecule has 1 aliphatic rings. The molecule has 0 bridgehead atoms. The maximum absolute atomic E-state index is 12.3. The number of piperazine rings is 1. The molecule has 0 radical (unpaired) electrons. The molecule has 8 heteroatoms. The van der Waals surface area contributed by atoms with Gasteiger partial charge in [-0.3, -0.25) is 9.59 Å². The van der Waals surface area contributed by atoms with Crippen LogP contribution in [0.4, 0.5) is 5.82 Å². The van der Waals surface area contributed by atoms with Gasteiger partial charge in [-0.2, -0.15) is 0 Å². The summed E-state index contributed by atoms with van der Waals surface area (Å²) in [5.74, 6) is 0.497. The molecule has 0 spiro atoms. The van der Waals surface area contributed by atoms with Gasteiger partial charge in [-0.1, -0.05) is 11.6 Å². The van der Waals surface area contributed by atoms with Crippen molar-refractivity contribution < 1.29 is 9.59 Å². The summed E-state index contributed by atoms with van der Waals surface area (Å²) < 4.78 is 0. The lowest BCUT2D eigenvalue weighted by molar-refractivity contribution is -0.130. The van der Waals surface area contributed by atoms with Crippen LogP contribution >= 0.6 is 11.6 Å². The number of hydrogen-bond donors (Lipinski definition) is 1. The van der Waals surface area contributed by atoms with Gasteiger partial charge in [0.1, 0.15) is 12.1 Å². The molecular weight excluding hydrogens is 354 g/mol. The molecule has 1 saturated heterocycles. The van der Waals surface area contributed by atoms with E-state index in [1.54, 1.807) is 35.5 Å². The molecule has 0 saturated carbocycles. The van der Waals surface area contributed by atoms with Crippen molar-refractivity contribution in [2.24, 2.45) is 0 Å². The lowest BCUT2D eigenvalue weighted by Crippen LogP contribution is -2.51. The average molecular weight is 374 g/mol. The van der Waals surface area contributed by atoms with Crippen molar-refractivity contribution >= 4 is 29.2 Å². The molecule has 136 valence electrons. The first kappa shape index (κ1) is 18.1. The number of benzene rings is 1. The van der Waals surface area contributed by atoms with E-state index in [1.165, 1.54) is 0 Å². The van der Waals surface area contributed by atoms with E-state index in [4.69, 9.17) is 11.6 Å². The minimum Gasteiger partial charge on any atom is -0.353 e. The molecule has 0 unspecified atom stereocenters. The number of aromatic nitrogens is 2. The normalized spacial score (nSPS) is 14.2. The van der Waals surface area contributed by atoms with E-state index >= 15 is 0 Å². The van der Waals surface area contributed by atoms with Crippen molar-refractivity contribution in [2.45, 2.75) is 6.92 Å². The van der Waals surface area contributed by atoms with Gasteiger partial charge in [0.05, 0.1) is 6.54 Å². The van der Waals surface area contributed by atoms with Crippen molar-refractivity contribution in [3.8, 4) is 0 Å². The van der Waals surface area contributed by atoms with Crippen molar-refractivity contribution in [3.05, 3.63) is 52.9 Å². The minimum atomic E-state index is -0.287. The van der Waals surface area contributed by atoms with Gasteiger partial charge in [0.15, 0.2) is 0 Å². The number of carbonyl (C=O) groups excluding carboxylic acids is 2. The van der Waals surface area contributed by atoms with E-state index in [9.17, 15) is 9.59 Å². The Morgan fingerprint density at radius 2 is 1.81 bits per heavy atom. The highest BCUT2D eigenvalue weighted by molar-refractivity contribution is 6.30. The fraction of sp³-hybridized carbons (Fsp3) is 0.333. The van der Waals surface area contributed by atoms with E-state index in [1.807, 2.05) is 13.0 Å². The number of halogens is 1. The van der Waals surface area contributed by atoms with Crippen molar-refractivity contribution in [3.63, 3.8) is 0 Å². The Morgan fingerprint density at radius 1 is 1.12 bits per heavy atom. The van der Waals surface area contributed by atoms with Crippen LogP contribution in [0.15, 0.2) is 36.7 Å². The molecule has 2 amide bonds. The Kier molecular flexibility index (Phi) is 5.68. The first-order chi connectivity index (χ1) is 12.5. The maximum Gasteiger partial charge on any atom is 0.251 e. The predicted octanol–water partition coefficient (Wildman–Crippen LogP) is 1.52. The number of hydrogen-bond acceptors (Lipinski definition) is 5. The van der Waals surface area contributed by atoms with Crippen LogP contribution in [0.1, 0.15) is 16.1 Å². The Morgan fingerprint density at radius 3 is 2.46 bits per heavy atom. The van der Waals surface area contributed by atoms with E-state index in [0.717, 1.165) is 11.5 Å². The summed E-state index contributed by atoms with van der Waals surface area (Å²) in [5, 5.41) is 3.22. The monoisotopic (exact) mass is 373 g/mol. The van der Waals surface area contributed by atoms with Gasteiger partial charge in [-0.15, -0.1) is 0 Å². The molecule has 0 atom stereocenters. The Bertz CT molecular complexity index is 788. The van der Waals surface area contributed by atoms with Crippen LogP contribution in [0.5, 0.6) is 0 Å². The second-order valence-electron chi connectivity index (χ2n) is 6.07.